The highest BCUT2D eigenvalue weighted by Gasteiger charge is 2.19. The maximum absolute atomic E-state index is 5.97. The summed E-state index contributed by atoms with van der Waals surface area (Å²) in [4.78, 5) is 8.73. The lowest BCUT2D eigenvalue weighted by atomic mass is 10.1. The largest absolute Gasteiger partial charge is 0.461 e. The highest BCUT2D eigenvalue weighted by molar-refractivity contribution is 5.82. The number of hydrogen-bond donors (Lipinski definition) is 1. The highest BCUT2D eigenvalue weighted by atomic mass is 16.5. The summed E-state index contributed by atoms with van der Waals surface area (Å²) >= 11 is 0. The van der Waals surface area contributed by atoms with Gasteiger partial charge in [0.1, 0.15) is 0 Å². The first-order chi connectivity index (χ1) is 10.8. The van der Waals surface area contributed by atoms with Crippen molar-refractivity contribution in [2.45, 2.75) is 31.9 Å². The molecule has 8 heteroatoms. The Morgan fingerprint density at radius 3 is 3.05 bits per heavy atom. The molecule has 0 saturated carbocycles. The maximum Gasteiger partial charge on any atom is 0.199 e. The van der Waals surface area contributed by atoms with E-state index in [0.717, 1.165) is 19.4 Å². The smallest absolute Gasteiger partial charge is 0.199 e. The Balaban J connectivity index is 1.72. The summed E-state index contributed by atoms with van der Waals surface area (Å²) in [6.45, 7) is 1.41. The van der Waals surface area contributed by atoms with E-state index in [4.69, 9.17) is 14.9 Å². The molecule has 0 aliphatic carbocycles. The zero-order valence-corrected chi connectivity index (χ0v) is 12.0. The van der Waals surface area contributed by atoms with Crippen LogP contribution >= 0.6 is 0 Å². The van der Waals surface area contributed by atoms with E-state index in [1.165, 1.54) is 6.42 Å². The third kappa shape index (κ3) is 2.31. The first-order valence-corrected chi connectivity index (χ1v) is 7.33. The summed E-state index contributed by atoms with van der Waals surface area (Å²) in [6.07, 6.45) is 5.03. The third-order valence-electron chi connectivity index (χ3n) is 3.78. The molecule has 114 valence electrons. The number of fused-ring (bicyclic) bond motifs is 1. The van der Waals surface area contributed by atoms with Crippen LogP contribution in [-0.4, -0.2) is 37.7 Å². The van der Waals surface area contributed by atoms with Gasteiger partial charge in [-0.3, -0.25) is 0 Å². The van der Waals surface area contributed by atoms with Gasteiger partial charge in [-0.1, -0.05) is 5.21 Å². The van der Waals surface area contributed by atoms with Gasteiger partial charge in [0.2, 0.25) is 0 Å². The second-order valence-corrected chi connectivity index (χ2v) is 5.34. The molecule has 1 aliphatic rings. The molecule has 0 amide bonds. The fourth-order valence-electron chi connectivity index (χ4n) is 2.66. The van der Waals surface area contributed by atoms with E-state index in [2.05, 4.69) is 20.3 Å². The fourth-order valence-corrected chi connectivity index (χ4v) is 2.66. The van der Waals surface area contributed by atoms with Crippen molar-refractivity contribution in [3.63, 3.8) is 0 Å². The van der Waals surface area contributed by atoms with Gasteiger partial charge in [-0.05, 0) is 31.4 Å². The number of aromatic nitrogens is 5. The predicted molar refractivity (Wildman–Crippen MR) is 78.8 cm³/mol. The van der Waals surface area contributed by atoms with Gasteiger partial charge in [0, 0.05) is 6.61 Å². The molecule has 0 bridgehead atoms. The second-order valence-electron chi connectivity index (χ2n) is 5.34. The van der Waals surface area contributed by atoms with Crippen LogP contribution in [0.3, 0.4) is 0 Å². The fraction of sp³-hybridized carbons (Fsp3) is 0.429. The number of nitrogen functional groups attached to an aromatic ring is 1. The molecule has 2 N–H and O–H groups in total. The minimum absolute atomic E-state index is 0.141. The number of nitrogens with zero attached hydrogens (tertiary/aromatic N) is 5. The van der Waals surface area contributed by atoms with Gasteiger partial charge in [0.05, 0.1) is 18.9 Å². The Labute approximate surface area is 126 Å². The minimum atomic E-state index is 0.141. The van der Waals surface area contributed by atoms with Crippen LogP contribution in [0.5, 0.6) is 0 Å². The van der Waals surface area contributed by atoms with Gasteiger partial charge in [-0.25, -0.2) is 14.6 Å². The van der Waals surface area contributed by atoms with E-state index >= 15 is 0 Å². The summed E-state index contributed by atoms with van der Waals surface area (Å²) in [5.41, 5.74) is 7.08. The lowest BCUT2D eigenvalue weighted by Crippen LogP contribution is -2.25. The molecule has 4 rings (SSSR count). The number of hydrogen-bond acceptors (Lipinski definition) is 7. The van der Waals surface area contributed by atoms with Crippen molar-refractivity contribution in [3.8, 4) is 11.6 Å². The van der Waals surface area contributed by atoms with Crippen molar-refractivity contribution < 1.29 is 9.15 Å². The molecule has 4 heterocycles. The number of rotatable bonds is 3. The van der Waals surface area contributed by atoms with Crippen LogP contribution in [0.2, 0.25) is 0 Å². The summed E-state index contributed by atoms with van der Waals surface area (Å²) < 4.78 is 12.8. The first kappa shape index (κ1) is 13.2. The zero-order chi connectivity index (χ0) is 14.9. The van der Waals surface area contributed by atoms with Gasteiger partial charge in [-0.2, -0.15) is 0 Å². The molecular formula is C14H16N6O2. The number of anilines is 1. The van der Waals surface area contributed by atoms with E-state index in [1.807, 2.05) is 0 Å². The Bertz CT molecular complexity index is 776. The van der Waals surface area contributed by atoms with Crippen LogP contribution < -0.4 is 5.73 Å². The van der Waals surface area contributed by atoms with Crippen molar-refractivity contribution in [1.29, 1.82) is 0 Å². The monoisotopic (exact) mass is 300 g/mol. The molecule has 1 aliphatic heterocycles. The summed E-state index contributed by atoms with van der Waals surface area (Å²) in [5, 5.41) is 8.23. The van der Waals surface area contributed by atoms with Crippen LogP contribution in [0.1, 0.15) is 19.3 Å². The Hall–Kier alpha value is -2.48. The predicted octanol–water partition coefficient (Wildman–Crippen LogP) is 1.63. The van der Waals surface area contributed by atoms with Gasteiger partial charge in [0.15, 0.2) is 28.6 Å². The molecule has 8 nitrogen and oxygen atoms in total. The second kappa shape index (κ2) is 5.38. The van der Waals surface area contributed by atoms with Gasteiger partial charge < -0.3 is 14.9 Å². The van der Waals surface area contributed by atoms with Gasteiger partial charge >= 0.3 is 0 Å². The lowest BCUT2D eigenvalue weighted by molar-refractivity contribution is 0.00434. The van der Waals surface area contributed by atoms with E-state index < -0.39 is 0 Å². The molecule has 22 heavy (non-hydrogen) atoms. The van der Waals surface area contributed by atoms with E-state index in [0.29, 0.717) is 35.1 Å². The summed E-state index contributed by atoms with van der Waals surface area (Å²) in [7, 11) is 0. The molecule has 0 radical (unpaired) electrons. The molecular weight excluding hydrogens is 284 g/mol. The van der Waals surface area contributed by atoms with E-state index in [1.54, 1.807) is 23.1 Å². The molecule has 0 aromatic carbocycles. The number of furan rings is 1. The van der Waals surface area contributed by atoms with Gasteiger partial charge in [0.25, 0.3) is 0 Å². The topological polar surface area (TPSA) is 105 Å². The summed E-state index contributed by atoms with van der Waals surface area (Å²) in [5.74, 6) is 1.30. The standard InChI is InChI=1S/C14H16N6O2/c15-12-11-14(17-13(16-12)10-5-3-7-22-10)20(19-18-11)8-9-4-1-2-6-21-9/h3,5,7,9H,1-2,4,6,8H2,(H2,15,16,17). The molecule has 1 atom stereocenters. The normalized spacial score (nSPS) is 18.8. The van der Waals surface area contributed by atoms with Crippen molar-refractivity contribution in [1.82, 2.24) is 25.0 Å². The first-order valence-electron chi connectivity index (χ1n) is 7.33. The average Bonchev–Trinajstić information content (AvgIpc) is 3.19. The third-order valence-corrected chi connectivity index (χ3v) is 3.78. The van der Waals surface area contributed by atoms with Crippen molar-refractivity contribution >= 4 is 17.0 Å². The van der Waals surface area contributed by atoms with Crippen molar-refractivity contribution in [2.24, 2.45) is 0 Å². The lowest BCUT2D eigenvalue weighted by Gasteiger charge is -2.22. The molecule has 3 aromatic rings. The molecule has 0 spiro atoms. The quantitative estimate of drug-likeness (QED) is 0.783. The SMILES string of the molecule is Nc1nc(-c2ccco2)nc2c1nnn2CC1CCCCO1. The van der Waals surface area contributed by atoms with E-state index in [-0.39, 0.29) is 6.10 Å². The molecule has 1 fully saturated rings. The zero-order valence-electron chi connectivity index (χ0n) is 12.0. The van der Waals surface area contributed by atoms with Crippen LogP contribution in [-0.2, 0) is 11.3 Å². The highest BCUT2D eigenvalue weighted by Crippen LogP contribution is 2.23. The van der Waals surface area contributed by atoms with Crippen LogP contribution in [0.4, 0.5) is 5.82 Å². The van der Waals surface area contributed by atoms with Crippen LogP contribution in [0, 0.1) is 0 Å². The van der Waals surface area contributed by atoms with Gasteiger partial charge in [-0.15, -0.1) is 5.10 Å². The molecule has 1 saturated heterocycles. The van der Waals surface area contributed by atoms with Crippen LogP contribution in [0.25, 0.3) is 22.7 Å². The summed E-state index contributed by atoms with van der Waals surface area (Å²) in [6, 6.07) is 3.57. The Morgan fingerprint density at radius 2 is 2.27 bits per heavy atom. The Kier molecular flexibility index (Phi) is 3.23. The van der Waals surface area contributed by atoms with Crippen molar-refractivity contribution in [3.05, 3.63) is 18.4 Å². The number of ether oxygens (including phenoxy) is 1. The Morgan fingerprint density at radius 1 is 1.32 bits per heavy atom. The van der Waals surface area contributed by atoms with E-state index in [9.17, 15) is 0 Å². The minimum Gasteiger partial charge on any atom is -0.461 e. The van der Waals surface area contributed by atoms with Crippen molar-refractivity contribution in [2.75, 3.05) is 12.3 Å². The maximum atomic E-state index is 5.97. The molecule has 3 aromatic heterocycles. The number of nitrogens with two attached hydrogens (primary N) is 1. The average molecular weight is 300 g/mol. The van der Waals surface area contributed by atoms with Crippen LogP contribution in [0.15, 0.2) is 22.8 Å². The molecule has 1 unspecified atom stereocenters.